The van der Waals surface area contributed by atoms with Gasteiger partial charge < -0.3 is 10.0 Å². The standard InChI is InChI=1S/C13H29NO/c1-4-6-10-13(9-5-2)14(3)11-7-8-12-15/h13,15H,4-12H2,1-3H3. The maximum Gasteiger partial charge on any atom is 0.0431 e. The number of hydrogen-bond donors (Lipinski definition) is 1. The molecule has 0 radical (unpaired) electrons. The summed E-state index contributed by atoms with van der Waals surface area (Å²) in [6, 6.07) is 0.758. The lowest BCUT2D eigenvalue weighted by Crippen LogP contribution is -2.32. The SMILES string of the molecule is CCCCC(CCC)N(C)CCCCO. The summed E-state index contributed by atoms with van der Waals surface area (Å²) in [4.78, 5) is 2.48. The van der Waals surface area contributed by atoms with Gasteiger partial charge in [0.25, 0.3) is 0 Å². The zero-order valence-electron chi connectivity index (χ0n) is 10.8. The topological polar surface area (TPSA) is 23.5 Å². The fraction of sp³-hybridized carbons (Fsp3) is 1.00. The van der Waals surface area contributed by atoms with Crippen molar-refractivity contribution in [2.75, 3.05) is 20.2 Å². The molecule has 0 aromatic carbocycles. The van der Waals surface area contributed by atoms with Crippen LogP contribution in [0.3, 0.4) is 0 Å². The van der Waals surface area contributed by atoms with Crippen molar-refractivity contribution in [2.24, 2.45) is 0 Å². The van der Waals surface area contributed by atoms with Crippen molar-refractivity contribution in [2.45, 2.75) is 64.8 Å². The minimum absolute atomic E-state index is 0.335. The monoisotopic (exact) mass is 215 g/mol. The van der Waals surface area contributed by atoms with E-state index >= 15 is 0 Å². The Kier molecular flexibility index (Phi) is 10.4. The summed E-state index contributed by atoms with van der Waals surface area (Å²) < 4.78 is 0. The molecule has 0 bridgehead atoms. The Morgan fingerprint density at radius 1 is 1.00 bits per heavy atom. The summed E-state index contributed by atoms with van der Waals surface area (Å²) >= 11 is 0. The summed E-state index contributed by atoms with van der Waals surface area (Å²) in [6.45, 7) is 5.99. The molecule has 0 aromatic heterocycles. The van der Waals surface area contributed by atoms with Crippen LogP contribution in [-0.4, -0.2) is 36.2 Å². The molecular weight excluding hydrogens is 186 g/mol. The van der Waals surface area contributed by atoms with Gasteiger partial charge in [-0.05, 0) is 39.3 Å². The molecule has 15 heavy (non-hydrogen) atoms. The van der Waals surface area contributed by atoms with Gasteiger partial charge in [-0.3, -0.25) is 0 Å². The van der Waals surface area contributed by atoms with Gasteiger partial charge in [0.15, 0.2) is 0 Å². The van der Waals surface area contributed by atoms with Crippen LogP contribution in [0, 0.1) is 0 Å². The Morgan fingerprint density at radius 3 is 2.27 bits per heavy atom. The molecule has 0 saturated carbocycles. The van der Waals surface area contributed by atoms with Crippen LogP contribution >= 0.6 is 0 Å². The van der Waals surface area contributed by atoms with E-state index in [0.29, 0.717) is 6.61 Å². The molecule has 0 aliphatic carbocycles. The minimum atomic E-state index is 0.335. The number of nitrogens with zero attached hydrogens (tertiary/aromatic N) is 1. The highest BCUT2D eigenvalue weighted by Gasteiger charge is 2.12. The number of rotatable bonds is 10. The molecule has 1 unspecified atom stereocenters. The van der Waals surface area contributed by atoms with Gasteiger partial charge in [0.2, 0.25) is 0 Å². The smallest absolute Gasteiger partial charge is 0.0431 e. The lowest BCUT2D eigenvalue weighted by atomic mass is 10.0. The number of unbranched alkanes of at least 4 members (excludes halogenated alkanes) is 2. The van der Waals surface area contributed by atoms with Crippen LogP contribution < -0.4 is 0 Å². The van der Waals surface area contributed by atoms with Gasteiger partial charge in [-0.1, -0.05) is 33.1 Å². The molecule has 0 rings (SSSR count). The minimum Gasteiger partial charge on any atom is -0.396 e. The second-order valence-corrected chi connectivity index (χ2v) is 4.50. The van der Waals surface area contributed by atoms with Gasteiger partial charge in [0.1, 0.15) is 0 Å². The molecule has 0 aliphatic heterocycles. The molecule has 1 atom stereocenters. The quantitative estimate of drug-likeness (QED) is 0.566. The summed E-state index contributed by atoms with van der Waals surface area (Å²) in [5.74, 6) is 0. The number of hydrogen-bond acceptors (Lipinski definition) is 2. The van der Waals surface area contributed by atoms with E-state index in [-0.39, 0.29) is 0 Å². The molecule has 0 amide bonds. The summed E-state index contributed by atoms with van der Waals surface area (Å²) in [7, 11) is 2.23. The average Bonchev–Trinajstić information content (AvgIpc) is 2.24. The van der Waals surface area contributed by atoms with E-state index < -0.39 is 0 Å². The first kappa shape index (κ1) is 14.9. The highest BCUT2D eigenvalue weighted by atomic mass is 16.2. The molecule has 0 saturated heterocycles. The second-order valence-electron chi connectivity index (χ2n) is 4.50. The van der Waals surface area contributed by atoms with Gasteiger partial charge in [-0.25, -0.2) is 0 Å². The maximum absolute atomic E-state index is 8.74. The number of aliphatic hydroxyl groups excluding tert-OH is 1. The van der Waals surface area contributed by atoms with E-state index in [1.54, 1.807) is 0 Å². The van der Waals surface area contributed by atoms with E-state index in [1.807, 2.05) is 0 Å². The first-order valence-corrected chi connectivity index (χ1v) is 6.57. The zero-order chi connectivity index (χ0) is 11.5. The van der Waals surface area contributed by atoms with Gasteiger partial charge in [0, 0.05) is 12.6 Å². The summed E-state index contributed by atoms with van der Waals surface area (Å²) in [6.07, 6.45) is 8.63. The van der Waals surface area contributed by atoms with Crippen LogP contribution in [0.25, 0.3) is 0 Å². The Balaban J connectivity index is 3.75. The molecule has 92 valence electrons. The second kappa shape index (κ2) is 10.4. The molecule has 0 aromatic rings. The third kappa shape index (κ3) is 7.80. The van der Waals surface area contributed by atoms with Crippen molar-refractivity contribution in [1.82, 2.24) is 4.90 Å². The Bertz CT molecular complexity index is 128. The van der Waals surface area contributed by atoms with Crippen molar-refractivity contribution in [3.05, 3.63) is 0 Å². The van der Waals surface area contributed by atoms with Gasteiger partial charge >= 0.3 is 0 Å². The van der Waals surface area contributed by atoms with Crippen LogP contribution in [0.1, 0.15) is 58.8 Å². The van der Waals surface area contributed by atoms with Crippen LogP contribution in [0.4, 0.5) is 0 Å². The van der Waals surface area contributed by atoms with Crippen LogP contribution in [-0.2, 0) is 0 Å². The first-order valence-electron chi connectivity index (χ1n) is 6.57. The Morgan fingerprint density at radius 2 is 1.73 bits per heavy atom. The van der Waals surface area contributed by atoms with Crippen LogP contribution in [0.5, 0.6) is 0 Å². The third-order valence-corrected chi connectivity index (χ3v) is 3.06. The van der Waals surface area contributed by atoms with Crippen LogP contribution in [0.2, 0.25) is 0 Å². The predicted molar refractivity (Wildman–Crippen MR) is 67.2 cm³/mol. The van der Waals surface area contributed by atoms with E-state index in [9.17, 15) is 0 Å². The Labute approximate surface area is 95.7 Å². The summed E-state index contributed by atoms with van der Waals surface area (Å²) in [5.41, 5.74) is 0. The van der Waals surface area contributed by atoms with Crippen molar-refractivity contribution in [1.29, 1.82) is 0 Å². The molecule has 2 heteroatoms. The summed E-state index contributed by atoms with van der Waals surface area (Å²) in [5, 5.41) is 8.74. The molecule has 0 heterocycles. The van der Waals surface area contributed by atoms with E-state index in [2.05, 4.69) is 25.8 Å². The normalized spacial score (nSPS) is 13.4. The fourth-order valence-electron chi connectivity index (χ4n) is 2.01. The average molecular weight is 215 g/mol. The third-order valence-electron chi connectivity index (χ3n) is 3.06. The lowest BCUT2D eigenvalue weighted by molar-refractivity contribution is 0.200. The predicted octanol–water partition coefficient (Wildman–Crippen LogP) is 3.05. The van der Waals surface area contributed by atoms with Crippen molar-refractivity contribution in [3.63, 3.8) is 0 Å². The highest BCUT2D eigenvalue weighted by molar-refractivity contribution is 4.68. The molecule has 0 spiro atoms. The maximum atomic E-state index is 8.74. The largest absolute Gasteiger partial charge is 0.396 e. The van der Waals surface area contributed by atoms with Crippen LogP contribution in [0.15, 0.2) is 0 Å². The molecular formula is C13H29NO. The fourth-order valence-corrected chi connectivity index (χ4v) is 2.01. The van der Waals surface area contributed by atoms with E-state index in [0.717, 1.165) is 25.4 Å². The number of aliphatic hydroxyl groups is 1. The van der Waals surface area contributed by atoms with Crippen molar-refractivity contribution in [3.8, 4) is 0 Å². The van der Waals surface area contributed by atoms with Crippen molar-refractivity contribution >= 4 is 0 Å². The van der Waals surface area contributed by atoms with Gasteiger partial charge in [-0.2, -0.15) is 0 Å². The van der Waals surface area contributed by atoms with E-state index in [1.165, 1.54) is 32.1 Å². The van der Waals surface area contributed by atoms with Gasteiger partial charge in [0.05, 0.1) is 0 Å². The van der Waals surface area contributed by atoms with E-state index in [4.69, 9.17) is 5.11 Å². The Hall–Kier alpha value is -0.0800. The van der Waals surface area contributed by atoms with Crippen molar-refractivity contribution < 1.29 is 5.11 Å². The molecule has 2 nitrogen and oxygen atoms in total. The highest BCUT2D eigenvalue weighted by Crippen LogP contribution is 2.13. The molecule has 0 fully saturated rings. The lowest BCUT2D eigenvalue weighted by Gasteiger charge is -2.27. The zero-order valence-corrected chi connectivity index (χ0v) is 10.8. The first-order chi connectivity index (χ1) is 7.26. The molecule has 0 aliphatic rings. The molecule has 1 N–H and O–H groups in total. The van der Waals surface area contributed by atoms with Gasteiger partial charge in [-0.15, -0.1) is 0 Å².